The van der Waals surface area contributed by atoms with E-state index in [-0.39, 0.29) is 45.1 Å². The van der Waals surface area contributed by atoms with Gasteiger partial charge in [0.05, 0.1) is 32.7 Å². The number of hydrogen-bond acceptors (Lipinski definition) is 16. The Bertz CT molecular complexity index is 2920. The maximum absolute atomic E-state index is 12.6. The molecule has 6 N–H and O–H groups in total. The van der Waals surface area contributed by atoms with Crippen LogP contribution in [-0.4, -0.2) is 52.4 Å². The van der Waals surface area contributed by atoms with E-state index in [9.17, 15) is 31.0 Å². The number of aromatic hydroxyl groups is 1. The molecule has 59 heavy (non-hydrogen) atoms. The van der Waals surface area contributed by atoms with E-state index in [0.717, 1.165) is 6.07 Å². The number of anilines is 3. The molecule has 0 radical (unpaired) electrons. The summed E-state index contributed by atoms with van der Waals surface area (Å²) >= 11 is 0. The van der Waals surface area contributed by atoms with Gasteiger partial charge in [0, 0.05) is 40.6 Å². The molecular formula is C39H36N8O10S2. The number of nitrogens with one attached hydrogen (secondary N) is 1. The highest BCUT2D eigenvalue weighted by atomic mass is 32.2. The van der Waals surface area contributed by atoms with Gasteiger partial charge in [0.15, 0.2) is 5.75 Å². The van der Waals surface area contributed by atoms with Crippen LogP contribution >= 0.6 is 0 Å². The van der Waals surface area contributed by atoms with Crippen LogP contribution in [0.2, 0.25) is 0 Å². The highest BCUT2D eigenvalue weighted by Crippen LogP contribution is 2.45. The average molecular weight is 841 g/mol. The third kappa shape index (κ3) is 9.42. The fraction of sp³-hybridized carbons (Fsp3) is 0.128. The van der Waals surface area contributed by atoms with E-state index < -0.39 is 41.5 Å². The first-order valence-corrected chi connectivity index (χ1v) is 20.0. The molecule has 0 aromatic heterocycles. The number of phenols is 1. The van der Waals surface area contributed by atoms with E-state index in [0.29, 0.717) is 39.6 Å². The molecule has 0 saturated heterocycles. The zero-order valence-electron chi connectivity index (χ0n) is 31.9. The Morgan fingerprint density at radius 3 is 1.63 bits per heavy atom. The Morgan fingerprint density at radius 1 is 0.559 bits per heavy atom. The predicted octanol–water partition coefficient (Wildman–Crippen LogP) is 10.3. The van der Waals surface area contributed by atoms with E-state index in [1.807, 2.05) is 0 Å². The molecule has 0 amide bonds. The van der Waals surface area contributed by atoms with Gasteiger partial charge >= 0.3 is 0 Å². The quantitative estimate of drug-likeness (QED) is 0.0413. The van der Waals surface area contributed by atoms with Crippen LogP contribution < -0.4 is 25.3 Å². The van der Waals surface area contributed by atoms with Gasteiger partial charge in [-0.05, 0) is 103 Å². The Balaban J connectivity index is 1.29. The first kappa shape index (κ1) is 41.6. The molecule has 0 heterocycles. The van der Waals surface area contributed by atoms with Crippen molar-refractivity contribution in [2.24, 2.45) is 30.7 Å². The van der Waals surface area contributed by atoms with Crippen LogP contribution in [0.25, 0.3) is 10.8 Å². The molecule has 18 nitrogen and oxygen atoms in total. The van der Waals surface area contributed by atoms with Crippen molar-refractivity contribution in [2.45, 2.75) is 23.6 Å². The van der Waals surface area contributed by atoms with Crippen LogP contribution in [0.3, 0.4) is 0 Å². The Labute approximate surface area is 338 Å². The standard InChI is InChI=1S/C39H36N8O10S2/c1-21-15-31(22(2)14-30(21)43-42-29-13-11-27(55-3)18-36(29)58(49,50)51)44-45-32-19-35(57-5)33(20-34(32)56-4)46-47-38-37(59(52,53)54)17-23-16-26(10-12-28(23)39(38)48)41-25-8-6-24(40)7-9-25/h6-20,41,48H,40H2,1-5H3,(H,49,50,51)(H,52,53,54). The number of nitrogens with zero attached hydrogens (tertiary/aromatic N) is 6. The molecule has 0 bridgehead atoms. The third-order valence-corrected chi connectivity index (χ3v) is 10.5. The highest BCUT2D eigenvalue weighted by Gasteiger charge is 2.23. The second-order valence-electron chi connectivity index (χ2n) is 12.8. The minimum atomic E-state index is -4.91. The third-order valence-electron chi connectivity index (χ3n) is 8.76. The summed E-state index contributed by atoms with van der Waals surface area (Å²) in [6, 6.07) is 23.2. The van der Waals surface area contributed by atoms with Crippen LogP contribution in [0.15, 0.2) is 131 Å². The maximum Gasteiger partial charge on any atom is 0.296 e. The highest BCUT2D eigenvalue weighted by molar-refractivity contribution is 7.86. The predicted molar refractivity (Wildman–Crippen MR) is 220 cm³/mol. The lowest BCUT2D eigenvalue weighted by molar-refractivity contribution is 0.405. The van der Waals surface area contributed by atoms with Crippen LogP contribution in [0.4, 0.5) is 51.2 Å². The summed E-state index contributed by atoms with van der Waals surface area (Å²) in [5.41, 5.74) is 9.41. The van der Waals surface area contributed by atoms with Gasteiger partial charge in [-0.1, -0.05) is 0 Å². The zero-order valence-corrected chi connectivity index (χ0v) is 33.6. The van der Waals surface area contributed by atoms with Crippen molar-refractivity contribution in [3.63, 3.8) is 0 Å². The fourth-order valence-electron chi connectivity index (χ4n) is 5.71. The molecule has 6 rings (SSSR count). The Kier molecular flexibility index (Phi) is 11.9. The lowest BCUT2D eigenvalue weighted by atomic mass is 10.1. The zero-order chi connectivity index (χ0) is 42.6. The van der Waals surface area contributed by atoms with Gasteiger partial charge in [-0.15, -0.1) is 20.5 Å². The fourth-order valence-corrected chi connectivity index (χ4v) is 7.00. The Hall–Kier alpha value is -7.00. The molecule has 0 aliphatic rings. The number of hydrogen-bond donors (Lipinski definition) is 5. The number of phenolic OH excluding ortho intramolecular Hbond substituents is 1. The smallest absolute Gasteiger partial charge is 0.296 e. The van der Waals surface area contributed by atoms with Crippen molar-refractivity contribution in [2.75, 3.05) is 32.4 Å². The van der Waals surface area contributed by atoms with E-state index >= 15 is 0 Å². The van der Waals surface area contributed by atoms with Crippen molar-refractivity contribution in [3.8, 4) is 23.0 Å². The maximum atomic E-state index is 12.6. The molecule has 0 fully saturated rings. The largest absolute Gasteiger partial charge is 0.505 e. The van der Waals surface area contributed by atoms with Gasteiger partial charge < -0.3 is 30.4 Å². The summed E-state index contributed by atoms with van der Waals surface area (Å²) in [4.78, 5) is -1.15. The molecule has 6 aromatic carbocycles. The van der Waals surface area contributed by atoms with E-state index in [2.05, 4.69) is 36.0 Å². The van der Waals surface area contributed by atoms with E-state index in [1.54, 1.807) is 68.4 Å². The molecule has 0 atom stereocenters. The molecule has 0 spiro atoms. The SMILES string of the molecule is COc1ccc(N=Nc2cc(C)c(N=Nc3cc(OC)c(N=Nc4c(S(=O)(=O)O)cc5cc(Nc6ccc(N)cc6)ccc5c4O)cc3OC)cc2C)c(S(=O)(=O)O)c1. The summed E-state index contributed by atoms with van der Waals surface area (Å²) in [5, 5.41) is 40.1. The van der Waals surface area contributed by atoms with E-state index in [1.165, 1.54) is 51.7 Å². The topological polar surface area (TPSA) is 269 Å². The molecule has 20 heteroatoms. The van der Waals surface area contributed by atoms with Crippen molar-refractivity contribution >= 4 is 82.2 Å². The number of methoxy groups -OCH3 is 3. The Morgan fingerprint density at radius 2 is 1.08 bits per heavy atom. The van der Waals surface area contributed by atoms with Gasteiger partial charge in [0.1, 0.15) is 49.8 Å². The van der Waals surface area contributed by atoms with Gasteiger partial charge in [-0.3, -0.25) is 9.11 Å². The average Bonchev–Trinajstić information content (AvgIpc) is 3.20. The molecule has 0 saturated carbocycles. The monoisotopic (exact) mass is 840 g/mol. The summed E-state index contributed by atoms with van der Waals surface area (Å²) < 4.78 is 84.9. The summed E-state index contributed by atoms with van der Waals surface area (Å²) in [7, 11) is -5.43. The van der Waals surface area contributed by atoms with Crippen LogP contribution in [-0.2, 0) is 20.2 Å². The van der Waals surface area contributed by atoms with Crippen LogP contribution in [0, 0.1) is 13.8 Å². The van der Waals surface area contributed by atoms with Crippen LogP contribution in [0.1, 0.15) is 11.1 Å². The van der Waals surface area contributed by atoms with Crippen LogP contribution in [0.5, 0.6) is 23.0 Å². The minimum absolute atomic E-state index is 0.0582. The molecule has 0 aliphatic carbocycles. The molecular weight excluding hydrogens is 805 g/mol. The number of rotatable bonds is 13. The van der Waals surface area contributed by atoms with Crippen molar-refractivity contribution in [1.29, 1.82) is 0 Å². The lowest BCUT2D eigenvalue weighted by Gasteiger charge is -2.12. The van der Waals surface area contributed by atoms with Crippen molar-refractivity contribution in [1.82, 2.24) is 0 Å². The number of azo groups is 3. The number of nitrogen functional groups attached to an aromatic ring is 1. The number of nitrogens with two attached hydrogens (primary N) is 1. The van der Waals surface area contributed by atoms with Crippen molar-refractivity contribution in [3.05, 3.63) is 102 Å². The first-order chi connectivity index (χ1) is 28.0. The number of fused-ring (bicyclic) bond motifs is 1. The van der Waals surface area contributed by atoms with Gasteiger partial charge in [-0.25, -0.2) is 0 Å². The van der Waals surface area contributed by atoms with Crippen molar-refractivity contribution < 1.29 is 45.3 Å². The van der Waals surface area contributed by atoms with Gasteiger partial charge in [0.25, 0.3) is 20.2 Å². The first-order valence-electron chi connectivity index (χ1n) is 17.2. The summed E-state index contributed by atoms with van der Waals surface area (Å²) in [6.07, 6.45) is 0. The van der Waals surface area contributed by atoms with E-state index in [4.69, 9.17) is 19.9 Å². The van der Waals surface area contributed by atoms with Gasteiger partial charge in [-0.2, -0.15) is 27.1 Å². The second kappa shape index (κ2) is 16.8. The lowest BCUT2D eigenvalue weighted by Crippen LogP contribution is -1.99. The molecule has 304 valence electrons. The molecule has 0 unspecified atom stereocenters. The molecule has 6 aromatic rings. The normalized spacial score (nSPS) is 12.2. The summed E-state index contributed by atoms with van der Waals surface area (Å²) in [5.74, 6) is -0.0315. The van der Waals surface area contributed by atoms with Gasteiger partial charge in [0.2, 0.25) is 0 Å². The number of aryl methyl sites for hydroxylation is 2. The number of benzene rings is 6. The summed E-state index contributed by atoms with van der Waals surface area (Å²) in [6.45, 7) is 3.50. The molecule has 0 aliphatic heterocycles. The second-order valence-corrected chi connectivity index (χ2v) is 15.5. The number of ether oxygens (including phenoxy) is 3. The minimum Gasteiger partial charge on any atom is -0.505 e.